The molecule has 2 rings (SSSR count). The molecule has 1 fully saturated rings. The average molecular weight is 256 g/mol. The lowest BCUT2D eigenvalue weighted by molar-refractivity contribution is -0.383. The Kier molecular flexibility index (Phi) is 3.22. The van der Waals surface area contributed by atoms with E-state index in [1.54, 1.807) is 12.1 Å². The molecular weight excluding hydrogens is 242 g/mol. The Balaban J connectivity index is 2.16. The van der Waals surface area contributed by atoms with Crippen LogP contribution in [0.5, 0.6) is 0 Å². The van der Waals surface area contributed by atoms with Crippen LogP contribution in [-0.4, -0.2) is 17.0 Å². The second-order valence-electron chi connectivity index (χ2n) is 4.46. The molecule has 0 aliphatic heterocycles. The number of nitro groups is 1. The molecule has 0 spiro atoms. The summed E-state index contributed by atoms with van der Waals surface area (Å²) < 4.78 is 0. The molecule has 0 unspecified atom stereocenters. The molecule has 1 aliphatic carbocycles. The average Bonchev–Trinajstić information content (AvgIpc) is 2.24. The van der Waals surface area contributed by atoms with Crippen molar-refractivity contribution >= 4 is 23.0 Å². The number of rotatable bonds is 4. The van der Waals surface area contributed by atoms with Crippen molar-refractivity contribution in [3.05, 3.63) is 33.3 Å². The van der Waals surface area contributed by atoms with Gasteiger partial charge in [-0.05, 0) is 25.3 Å². The van der Waals surface area contributed by atoms with Gasteiger partial charge in [0.05, 0.1) is 9.95 Å². The number of hydrogen-bond donors (Lipinski definition) is 2. The highest BCUT2D eigenvalue weighted by Crippen LogP contribution is 2.34. The van der Waals surface area contributed by atoms with Gasteiger partial charge in [-0.2, -0.15) is 0 Å². The fourth-order valence-corrected chi connectivity index (χ4v) is 2.15. The van der Waals surface area contributed by atoms with E-state index in [9.17, 15) is 10.1 Å². The van der Waals surface area contributed by atoms with Crippen LogP contribution in [0.4, 0.5) is 11.4 Å². The summed E-state index contributed by atoms with van der Waals surface area (Å²) in [4.78, 5) is 10.4. The van der Waals surface area contributed by atoms with Gasteiger partial charge < -0.3 is 11.1 Å². The van der Waals surface area contributed by atoms with E-state index in [0.717, 1.165) is 19.3 Å². The molecule has 92 valence electrons. The van der Waals surface area contributed by atoms with Crippen molar-refractivity contribution < 1.29 is 4.92 Å². The zero-order valence-corrected chi connectivity index (χ0v) is 10.0. The van der Waals surface area contributed by atoms with Crippen molar-refractivity contribution in [3.63, 3.8) is 0 Å². The normalized spacial score (nSPS) is 17.3. The molecular formula is C11H14ClN3O2. The van der Waals surface area contributed by atoms with Crippen LogP contribution in [0.3, 0.4) is 0 Å². The van der Waals surface area contributed by atoms with Crippen molar-refractivity contribution in [1.82, 2.24) is 0 Å². The van der Waals surface area contributed by atoms with Crippen LogP contribution in [0.2, 0.25) is 5.02 Å². The highest BCUT2D eigenvalue weighted by molar-refractivity contribution is 6.33. The van der Waals surface area contributed by atoms with Gasteiger partial charge in [-0.25, -0.2) is 0 Å². The van der Waals surface area contributed by atoms with Gasteiger partial charge in [0.15, 0.2) is 0 Å². The molecule has 0 atom stereocenters. The number of anilines is 1. The highest BCUT2D eigenvalue weighted by atomic mass is 35.5. The molecule has 0 aromatic heterocycles. The van der Waals surface area contributed by atoms with E-state index < -0.39 is 4.92 Å². The van der Waals surface area contributed by atoms with Gasteiger partial charge >= 0.3 is 0 Å². The Morgan fingerprint density at radius 1 is 1.53 bits per heavy atom. The number of nitrogens with two attached hydrogens (primary N) is 1. The molecule has 1 aliphatic rings. The maximum absolute atomic E-state index is 10.9. The number of para-hydroxylation sites is 1. The number of benzene rings is 1. The Hall–Kier alpha value is -1.33. The molecule has 0 amide bonds. The van der Waals surface area contributed by atoms with Crippen molar-refractivity contribution in [2.24, 2.45) is 5.73 Å². The molecule has 5 nitrogen and oxygen atoms in total. The smallest absolute Gasteiger partial charge is 0.293 e. The van der Waals surface area contributed by atoms with Gasteiger partial charge in [0, 0.05) is 18.2 Å². The van der Waals surface area contributed by atoms with Crippen LogP contribution < -0.4 is 11.1 Å². The minimum Gasteiger partial charge on any atom is -0.376 e. The van der Waals surface area contributed by atoms with Crippen LogP contribution in [-0.2, 0) is 0 Å². The molecule has 6 heteroatoms. The molecule has 1 saturated carbocycles. The number of nitrogens with one attached hydrogen (secondary N) is 1. The predicted octanol–water partition coefficient (Wildman–Crippen LogP) is 2.54. The maximum atomic E-state index is 10.9. The lowest BCUT2D eigenvalue weighted by atomic mass is 9.78. The summed E-state index contributed by atoms with van der Waals surface area (Å²) in [5.41, 5.74) is 6.15. The van der Waals surface area contributed by atoms with Gasteiger partial charge in [-0.15, -0.1) is 0 Å². The number of nitro benzene ring substituents is 1. The first-order chi connectivity index (χ1) is 8.02. The minimum absolute atomic E-state index is 0.0135. The molecule has 17 heavy (non-hydrogen) atoms. The molecule has 1 aromatic carbocycles. The highest BCUT2D eigenvalue weighted by Gasteiger charge is 2.33. The Morgan fingerprint density at radius 2 is 2.24 bits per heavy atom. The lowest BCUT2D eigenvalue weighted by Gasteiger charge is -2.38. The van der Waals surface area contributed by atoms with Crippen LogP contribution in [0.1, 0.15) is 19.3 Å². The van der Waals surface area contributed by atoms with E-state index in [4.69, 9.17) is 17.3 Å². The summed E-state index contributed by atoms with van der Waals surface area (Å²) >= 11 is 5.96. The fraction of sp³-hybridized carbons (Fsp3) is 0.455. The second-order valence-corrected chi connectivity index (χ2v) is 4.87. The van der Waals surface area contributed by atoms with E-state index in [2.05, 4.69) is 5.32 Å². The van der Waals surface area contributed by atoms with Crippen LogP contribution in [0, 0.1) is 10.1 Å². The summed E-state index contributed by atoms with van der Waals surface area (Å²) in [6, 6.07) is 4.62. The van der Waals surface area contributed by atoms with Crippen LogP contribution in [0.25, 0.3) is 0 Å². The molecule has 3 N–H and O–H groups in total. The number of hydrogen-bond acceptors (Lipinski definition) is 4. The van der Waals surface area contributed by atoms with Gasteiger partial charge in [0.1, 0.15) is 5.69 Å². The molecule has 0 saturated heterocycles. The number of nitrogens with zero attached hydrogens (tertiary/aromatic N) is 1. The van der Waals surface area contributed by atoms with E-state index >= 15 is 0 Å². The summed E-state index contributed by atoms with van der Waals surface area (Å²) in [5, 5.41) is 14.2. The Morgan fingerprint density at radius 3 is 2.76 bits per heavy atom. The fourth-order valence-electron chi connectivity index (χ4n) is 1.91. The standard InChI is InChI=1S/C11H14ClN3O2/c12-8-3-1-4-9(15(16)17)10(8)14-7-11(13)5-2-6-11/h1,3-4,14H,2,5-7,13H2. The number of halogens is 1. The van der Waals surface area contributed by atoms with Gasteiger partial charge in [0.2, 0.25) is 0 Å². The monoisotopic (exact) mass is 255 g/mol. The quantitative estimate of drug-likeness (QED) is 0.640. The maximum Gasteiger partial charge on any atom is 0.293 e. The second kappa shape index (κ2) is 4.50. The third-order valence-corrected chi connectivity index (χ3v) is 3.47. The van der Waals surface area contributed by atoms with Gasteiger partial charge in [0.25, 0.3) is 5.69 Å². The zero-order valence-electron chi connectivity index (χ0n) is 9.28. The van der Waals surface area contributed by atoms with Gasteiger partial charge in [-0.3, -0.25) is 10.1 Å². The van der Waals surface area contributed by atoms with Crippen LogP contribution in [0.15, 0.2) is 18.2 Å². The largest absolute Gasteiger partial charge is 0.376 e. The van der Waals surface area contributed by atoms with Crippen molar-refractivity contribution in [1.29, 1.82) is 0 Å². The third-order valence-electron chi connectivity index (χ3n) is 3.15. The predicted molar refractivity (Wildman–Crippen MR) is 67.4 cm³/mol. The minimum atomic E-state index is -0.446. The van der Waals surface area contributed by atoms with E-state index in [-0.39, 0.29) is 11.2 Å². The van der Waals surface area contributed by atoms with Crippen molar-refractivity contribution in [2.75, 3.05) is 11.9 Å². The van der Waals surface area contributed by atoms with Crippen molar-refractivity contribution in [2.45, 2.75) is 24.8 Å². The lowest BCUT2D eigenvalue weighted by Crippen LogP contribution is -2.52. The topological polar surface area (TPSA) is 81.2 Å². The third kappa shape index (κ3) is 2.50. The molecule has 0 heterocycles. The van der Waals surface area contributed by atoms with Crippen LogP contribution >= 0.6 is 11.6 Å². The molecule has 0 radical (unpaired) electrons. The first-order valence-electron chi connectivity index (χ1n) is 5.47. The Bertz CT molecular complexity index is 446. The molecule has 0 bridgehead atoms. The first kappa shape index (κ1) is 12.1. The summed E-state index contributed by atoms with van der Waals surface area (Å²) in [7, 11) is 0. The van der Waals surface area contributed by atoms with E-state index in [1.165, 1.54) is 6.07 Å². The first-order valence-corrected chi connectivity index (χ1v) is 5.85. The Labute approximate surface area is 104 Å². The van der Waals surface area contributed by atoms with E-state index in [1.807, 2.05) is 0 Å². The summed E-state index contributed by atoms with van der Waals surface area (Å²) in [6.07, 6.45) is 3.00. The SMILES string of the molecule is NC1(CNc2c(Cl)cccc2[N+](=O)[O-])CCC1. The van der Waals surface area contributed by atoms with E-state index in [0.29, 0.717) is 17.3 Å². The zero-order chi connectivity index (χ0) is 12.5. The van der Waals surface area contributed by atoms with Crippen molar-refractivity contribution in [3.8, 4) is 0 Å². The van der Waals surface area contributed by atoms with Gasteiger partial charge in [-0.1, -0.05) is 17.7 Å². The molecule has 1 aromatic rings. The summed E-state index contributed by atoms with van der Waals surface area (Å²) in [5.74, 6) is 0. The summed E-state index contributed by atoms with van der Waals surface area (Å²) in [6.45, 7) is 0.511.